The van der Waals surface area contributed by atoms with Crippen LogP contribution < -0.4 is 10.9 Å². The first-order valence-corrected chi connectivity index (χ1v) is 11.6. The highest BCUT2D eigenvalue weighted by Crippen LogP contribution is 2.25. The molecule has 4 heterocycles. The predicted molar refractivity (Wildman–Crippen MR) is 117 cm³/mol. The summed E-state index contributed by atoms with van der Waals surface area (Å²) in [6.07, 6.45) is 1.86. The second kappa shape index (κ2) is 8.40. The number of nitrogens with zero attached hydrogens (tertiary/aromatic N) is 4. The van der Waals surface area contributed by atoms with E-state index in [4.69, 9.17) is 4.74 Å². The van der Waals surface area contributed by atoms with Crippen molar-refractivity contribution in [2.45, 2.75) is 30.6 Å². The van der Waals surface area contributed by atoms with E-state index in [9.17, 15) is 14.0 Å². The quantitative estimate of drug-likeness (QED) is 0.446. The van der Waals surface area contributed by atoms with Crippen LogP contribution in [0.2, 0.25) is 0 Å². The van der Waals surface area contributed by atoms with Gasteiger partial charge in [-0.2, -0.15) is 0 Å². The van der Waals surface area contributed by atoms with Crippen molar-refractivity contribution >= 4 is 50.7 Å². The molecule has 5 rings (SSSR count). The van der Waals surface area contributed by atoms with Crippen LogP contribution in [0.1, 0.15) is 12.8 Å². The predicted octanol–water partition coefficient (Wildman–Crippen LogP) is 3.15. The first-order chi connectivity index (χ1) is 15.1. The molecular formula is C20H18FN5O3S2. The van der Waals surface area contributed by atoms with E-state index in [1.165, 1.54) is 47.4 Å². The minimum absolute atomic E-state index is 0.0202. The van der Waals surface area contributed by atoms with Crippen LogP contribution >= 0.6 is 23.1 Å². The Morgan fingerprint density at radius 1 is 1.29 bits per heavy atom. The number of aromatic nitrogens is 4. The van der Waals surface area contributed by atoms with E-state index in [1.807, 2.05) is 15.8 Å². The van der Waals surface area contributed by atoms with E-state index >= 15 is 0 Å². The monoisotopic (exact) mass is 459 g/mol. The van der Waals surface area contributed by atoms with E-state index < -0.39 is 0 Å². The summed E-state index contributed by atoms with van der Waals surface area (Å²) in [7, 11) is 0. The third kappa shape index (κ3) is 3.95. The zero-order valence-electron chi connectivity index (χ0n) is 16.3. The highest BCUT2D eigenvalue weighted by molar-refractivity contribution is 7.99. The molecule has 11 heteroatoms. The molecule has 0 radical (unpaired) electrons. The zero-order chi connectivity index (χ0) is 21.4. The second-order valence-corrected chi connectivity index (χ2v) is 9.01. The van der Waals surface area contributed by atoms with Gasteiger partial charge in [-0.1, -0.05) is 11.8 Å². The smallest absolute Gasteiger partial charge is 0.272 e. The molecule has 0 saturated carbocycles. The van der Waals surface area contributed by atoms with Crippen LogP contribution in [0.3, 0.4) is 0 Å². The van der Waals surface area contributed by atoms with Crippen LogP contribution in [0.15, 0.2) is 45.7 Å². The van der Waals surface area contributed by atoms with Gasteiger partial charge < -0.3 is 10.1 Å². The van der Waals surface area contributed by atoms with Gasteiger partial charge in [-0.25, -0.2) is 4.39 Å². The molecular weight excluding hydrogens is 441 g/mol. The van der Waals surface area contributed by atoms with E-state index in [-0.39, 0.29) is 29.1 Å². The van der Waals surface area contributed by atoms with Crippen molar-refractivity contribution in [1.29, 1.82) is 0 Å². The lowest BCUT2D eigenvalue weighted by atomic mass is 10.2. The van der Waals surface area contributed by atoms with Crippen LogP contribution in [-0.2, 0) is 16.1 Å². The van der Waals surface area contributed by atoms with E-state index in [0.29, 0.717) is 34.5 Å². The molecule has 8 nitrogen and oxygen atoms in total. The molecule has 1 aliphatic rings. The maximum Gasteiger partial charge on any atom is 0.272 e. The number of anilines is 1. The van der Waals surface area contributed by atoms with Gasteiger partial charge in [-0.3, -0.25) is 18.6 Å². The fourth-order valence-electron chi connectivity index (χ4n) is 3.61. The summed E-state index contributed by atoms with van der Waals surface area (Å²) in [6, 6.07) is 7.44. The Morgan fingerprint density at radius 2 is 2.13 bits per heavy atom. The van der Waals surface area contributed by atoms with Gasteiger partial charge in [0.05, 0.1) is 23.9 Å². The van der Waals surface area contributed by atoms with Crippen molar-refractivity contribution in [3.05, 3.63) is 51.9 Å². The van der Waals surface area contributed by atoms with Gasteiger partial charge in [0.1, 0.15) is 10.5 Å². The lowest BCUT2D eigenvalue weighted by Gasteiger charge is -2.13. The number of halogens is 1. The first kappa shape index (κ1) is 20.2. The van der Waals surface area contributed by atoms with E-state index in [0.717, 1.165) is 18.4 Å². The fraction of sp³-hybridized carbons (Fsp3) is 0.300. The Bertz CT molecular complexity index is 1310. The minimum Gasteiger partial charge on any atom is -0.376 e. The number of thiophene rings is 1. The van der Waals surface area contributed by atoms with Crippen molar-refractivity contribution in [2.24, 2.45) is 0 Å². The number of rotatable bonds is 6. The Labute approximate surface area is 184 Å². The van der Waals surface area contributed by atoms with Crippen LogP contribution in [0.4, 0.5) is 10.1 Å². The molecule has 3 aromatic heterocycles. The minimum atomic E-state index is -0.365. The summed E-state index contributed by atoms with van der Waals surface area (Å²) < 4.78 is 22.8. The molecule has 1 fully saturated rings. The number of hydrogen-bond donors (Lipinski definition) is 1. The zero-order valence-corrected chi connectivity index (χ0v) is 17.9. The van der Waals surface area contributed by atoms with Gasteiger partial charge in [0.25, 0.3) is 5.56 Å². The summed E-state index contributed by atoms with van der Waals surface area (Å²) in [5.74, 6) is -0.0825. The number of carbonyl (C=O) groups is 1. The van der Waals surface area contributed by atoms with Crippen molar-refractivity contribution in [2.75, 3.05) is 17.7 Å². The lowest BCUT2D eigenvalue weighted by Crippen LogP contribution is -2.28. The average Bonchev–Trinajstić information content (AvgIpc) is 3.51. The second-order valence-electron chi connectivity index (χ2n) is 7.15. The largest absolute Gasteiger partial charge is 0.376 e. The van der Waals surface area contributed by atoms with Crippen molar-refractivity contribution < 1.29 is 13.9 Å². The highest BCUT2D eigenvalue weighted by Gasteiger charge is 2.22. The van der Waals surface area contributed by atoms with E-state index in [1.54, 1.807) is 4.57 Å². The lowest BCUT2D eigenvalue weighted by molar-refractivity contribution is -0.113. The van der Waals surface area contributed by atoms with Crippen molar-refractivity contribution in [1.82, 2.24) is 19.2 Å². The summed E-state index contributed by atoms with van der Waals surface area (Å²) in [5, 5.41) is 13.6. The molecule has 0 unspecified atom stereocenters. The third-order valence-corrected chi connectivity index (χ3v) is 6.87. The van der Waals surface area contributed by atoms with Crippen molar-refractivity contribution in [3.8, 4) is 0 Å². The normalized spacial score (nSPS) is 16.4. The van der Waals surface area contributed by atoms with Crippen LogP contribution in [0.5, 0.6) is 0 Å². The molecule has 31 heavy (non-hydrogen) atoms. The van der Waals surface area contributed by atoms with Gasteiger partial charge >= 0.3 is 0 Å². The van der Waals surface area contributed by atoms with E-state index in [2.05, 4.69) is 15.5 Å². The topological polar surface area (TPSA) is 90.5 Å². The Morgan fingerprint density at radius 3 is 2.90 bits per heavy atom. The number of amides is 1. The van der Waals surface area contributed by atoms with Crippen molar-refractivity contribution in [3.63, 3.8) is 0 Å². The van der Waals surface area contributed by atoms with Gasteiger partial charge in [-0.15, -0.1) is 21.5 Å². The van der Waals surface area contributed by atoms with Gasteiger partial charge in [0, 0.05) is 12.3 Å². The molecule has 0 spiro atoms. The standard InChI is InChI=1S/C20H18FN5O3S2/c21-12-3-5-13(6-4-12)22-16(27)11-31-20-24-23-19-25(10-14-2-1-8-29-14)18(28)17-15(26(19)20)7-9-30-17/h3-7,9,14H,1-2,8,10-11H2,(H,22,27)/t14-/m0/s1. The Hall–Kier alpha value is -2.76. The molecule has 4 aromatic rings. The summed E-state index contributed by atoms with van der Waals surface area (Å²) in [6.45, 7) is 1.12. The maximum absolute atomic E-state index is 13.0. The molecule has 0 aliphatic carbocycles. The summed E-state index contributed by atoms with van der Waals surface area (Å²) in [5.41, 5.74) is 1.13. The highest BCUT2D eigenvalue weighted by atomic mass is 32.2. The third-order valence-electron chi connectivity index (χ3n) is 5.05. The molecule has 1 N–H and O–H groups in total. The Kier molecular flexibility index (Phi) is 5.47. The maximum atomic E-state index is 13.0. The van der Waals surface area contributed by atoms with Crippen LogP contribution in [0, 0.1) is 5.82 Å². The molecule has 0 bridgehead atoms. The number of fused-ring (bicyclic) bond motifs is 3. The number of thioether (sulfide) groups is 1. The first-order valence-electron chi connectivity index (χ1n) is 9.75. The fourth-order valence-corrected chi connectivity index (χ4v) is 5.17. The van der Waals surface area contributed by atoms with Crippen LogP contribution in [0.25, 0.3) is 16.0 Å². The molecule has 1 saturated heterocycles. The summed E-state index contributed by atoms with van der Waals surface area (Å²) >= 11 is 2.59. The number of hydrogen-bond acceptors (Lipinski definition) is 7. The Balaban J connectivity index is 1.43. The molecule has 1 aliphatic heterocycles. The average molecular weight is 460 g/mol. The SMILES string of the molecule is O=C(CSc1nnc2n(C[C@@H]3CCCO3)c(=O)c3sccc3n12)Nc1ccc(F)cc1. The van der Waals surface area contributed by atoms with Gasteiger partial charge in [0.2, 0.25) is 11.7 Å². The number of benzene rings is 1. The molecule has 160 valence electrons. The molecule has 1 amide bonds. The number of carbonyl (C=O) groups excluding carboxylic acids is 1. The molecule has 1 atom stereocenters. The number of nitrogens with one attached hydrogen (secondary N) is 1. The summed E-state index contributed by atoms with van der Waals surface area (Å²) in [4.78, 5) is 25.4. The molecule has 1 aromatic carbocycles. The van der Waals surface area contributed by atoms with Crippen LogP contribution in [-0.4, -0.2) is 43.5 Å². The number of ether oxygens (including phenoxy) is 1. The van der Waals surface area contributed by atoms with Gasteiger partial charge in [-0.05, 0) is 48.6 Å². The van der Waals surface area contributed by atoms with Gasteiger partial charge in [0.15, 0.2) is 5.16 Å².